The number of nitrogens with zero attached hydrogens (tertiary/aromatic N) is 3. The minimum atomic E-state index is -0.0565. The predicted molar refractivity (Wildman–Crippen MR) is 116 cm³/mol. The lowest BCUT2D eigenvalue weighted by Gasteiger charge is -2.13. The maximum Gasteiger partial charge on any atom is 0.234 e. The van der Waals surface area contributed by atoms with Gasteiger partial charge in [0.1, 0.15) is 0 Å². The number of nitrogens with one attached hydrogen (secondary N) is 1. The Balaban J connectivity index is 1.74. The van der Waals surface area contributed by atoms with Crippen molar-refractivity contribution in [3.63, 3.8) is 0 Å². The number of aryl methyl sites for hydroxylation is 2. The summed E-state index contributed by atoms with van der Waals surface area (Å²) >= 11 is 7.68. The maximum atomic E-state index is 12.5. The van der Waals surface area contributed by atoms with Crippen LogP contribution in [0.3, 0.4) is 0 Å². The van der Waals surface area contributed by atoms with Gasteiger partial charge in [0, 0.05) is 17.8 Å². The zero-order valence-electron chi connectivity index (χ0n) is 16.2. The molecular weight excluding hydrogens is 392 g/mol. The number of amides is 1. The Bertz CT molecular complexity index is 986. The Morgan fingerprint density at radius 1 is 1.14 bits per heavy atom. The lowest BCUT2D eigenvalue weighted by Crippen LogP contribution is -2.16. The molecule has 3 rings (SSSR count). The Hall–Kier alpha value is -2.31. The van der Waals surface area contributed by atoms with Gasteiger partial charge < -0.3 is 9.88 Å². The van der Waals surface area contributed by atoms with Gasteiger partial charge in [-0.05, 0) is 43.5 Å². The highest BCUT2D eigenvalue weighted by atomic mass is 35.5. The van der Waals surface area contributed by atoms with Gasteiger partial charge in [0.2, 0.25) is 5.91 Å². The number of halogens is 1. The van der Waals surface area contributed by atoms with Crippen molar-refractivity contribution >= 4 is 35.0 Å². The lowest BCUT2D eigenvalue weighted by molar-refractivity contribution is -0.113. The number of benzene rings is 2. The summed E-state index contributed by atoms with van der Waals surface area (Å²) in [6.45, 7) is 6.80. The highest BCUT2D eigenvalue weighted by molar-refractivity contribution is 7.99. The third-order valence-electron chi connectivity index (χ3n) is 4.48. The molecule has 0 saturated heterocycles. The molecule has 0 radical (unpaired) electrons. The average molecular weight is 415 g/mol. The van der Waals surface area contributed by atoms with Gasteiger partial charge in [-0.2, -0.15) is 0 Å². The Labute approximate surface area is 174 Å². The number of aromatic nitrogens is 3. The van der Waals surface area contributed by atoms with E-state index in [4.69, 9.17) is 11.6 Å². The van der Waals surface area contributed by atoms with Crippen LogP contribution in [-0.4, -0.2) is 26.4 Å². The number of carbonyl (C=O) groups excluding carboxylic acids is 1. The highest BCUT2D eigenvalue weighted by Crippen LogP contribution is 2.29. The topological polar surface area (TPSA) is 59.8 Å². The van der Waals surface area contributed by atoms with Crippen LogP contribution in [-0.2, 0) is 17.8 Å². The Kier molecular flexibility index (Phi) is 6.75. The third kappa shape index (κ3) is 4.39. The number of rotatable bonds is 7. The fraction of sp³-hybridized carbons (Fsp3) is 0.286. The minimum Gasteiger partial charge on any atom is -0.325 e. The predicted octanol–water partition coefficient (Wildman–Crippen LogP) is 5.22. The quantitative estimate of drug-likeness (QED) is 0.538. The van der Waals surface area contributed by atoms with Crippen molar-refractivity contribution in [1.82, 2.24) is 14.8 Å². The van der Waals surface area contributed by atoms with E-state index in [1.54, 1.807) is 0 Å². The van der Waals surface area contributed by atoms with Gasteiger partial charge in [0.05, 0.1) is 10.8 Å². The van der Waals surface area contributed by atoms with Crippen molar-refractivity contribution in [2.45, 2.75) is 38.9 Å². The zero-order valence-corrected chi connectivity index (χ0v) is 17.8. The molecule has 2 aromatic carbocycles. The lowest BCUT2D eigenvalue weighted by atomic mass is 10.1. The Morgan fingerprint density at radius 2 is 1.93 bits per heavy atom. The zero-order chi connectivity index (χ0) is 20.1. The van der Waals surface area contributed by atoms with Crippen molar-refractivity contribution < 1.29 is 4.79 Å². The van der Waals surface area contributed by atoms with E-state index in [0.717, 1.165) is 28.8 Å². The second kappa shape index (κ2) is 9.26. The van der Waals surface area contributed by atoms with Gasteiger partial charge in [0.15, 0.2) is 11.0 Å². The Morgan fingerprint density at radius 3 is 2.64 bits per heavy atom. The summed E-state index contributed by atoms with van der Waals surface area (Å²) in [6, 6.07) is 13.6. The molecule has 0 saturated carbocycles. The van der Waals surface area contributed by atoms with E-state index >= 15 is 0 Å². The first-order chi connectivity index (χ1) is 13.5. The van der Waals surface area contributed by atoms with Crippen LogP contribution in [0.2, 0.25) is 5.02 Å². The third-order valence-corrected chi connectivity index (χ3v) is 5.78. The number of hydrogen-bond donors (Lipinski definition) is 1. The summed E-state index contributed by atoms with van der Waals surface area (Å²) in [6.07, 6.45) is 0.871. The largest absolute Gasteiger partial charge is 0.325 e. The minimum absolute atomic E-state index is 0.0565. The van der Waals surface area contributed by atoms with Crippen LogP contribution >= 0.6 is 23.4 Å². The van der Waals surface area contributed by atoms with E-state index in [-0.39, 0.29) is 11.7 Å². The van der Waals surface area contributed by atoms with Crippen LogP contribution in [0.4, 0.5) is 5.69 Å². The van der Waals surface area contributed by atoms with Gasteiger partial charge >= 0.3 is 0 Å². The van der Waals surface area contributed by atoms with Gasteiger partial charge in [-0.15, -0.1) is 10.2 Å². The van der Waals surface area contributed by atoms with Gasteiger partial charge in [-0.3, -0.25) is 4.79 Å². The first-order valence-corrected chi connectivity index (χ1v) is 10.6. The van der Waals surface area contributed by atoms with E-state index in [9.17, 15) is 4.79 Å². The SMILES string of the molecule is CCc1cccc(C)c1NC(=O)CSc1nnc(-c2ccccc2Cl)n1CC. The highest BCUT2D eigenvalue weighted by Gasteiger charge is 2.17. The molecule has 0 fully saturated rings. The average Bonchev–Trinajstić information content (AvgIpc) is 3.11. The summed E-state index contributed by atoms with van der Waals surface area (Å²) in [5.74, 6) is 0.917. The molecule has 0 atom stereocenters. The molecule has 0 bridgehead atoms. The molecule has 5 nitrogen and oxygen atoms in total. The van der Waals surface area contributed by atoms with Crippen molar-refractivity contribution in [3.05, 3.63) is 58.6 Å². The van der Waals surface area contributed by atoms with Gasteiger partial charge in [-0.1, -0.05) is 60.6 Å². The first-order valence-electron chi connectivity index (χ1n) is 9.24. The second-order valence-electron chi connectivity index (χ2n) is 6.33. The molecule has 3 aromatic rings. The van der Waals surface area contributed by atoms with Crippen LogP contribution in [0.1, 0.15) is 25.0 Å². The molecule has 146 valence electrons. The number of para-hydroxylation sites is 1. The van der Waals surface area contributed by atoms with Crippen molar-refractivity contribution in [1.29, 1.82) is 0 Å². The van der Waals surface area contributed by atoms with Crippen molar-refractivity contribution in [3.8, 4) is 11.4 Å². The molecule has 7 heteroatoms. The molecule has 0 spiro atoms. The monoisotopic (exact) mass is 414 g/mol. The molecule has 0 unspecified atom stereocenters. The molecule has 1 N–H and O–H groups in total. The molecule has 28 heavy (non-hydrogen) atoms. The summed E-state index contributed by atoms with van der Waals surface area (Å²) < 4.78 is 1.98. The number of carbonyl (C=O) groups is 1. The standard InChI is InChI=1S/C21H23ClN4OS/c1-4-15-10-8-9-14(3)19(15)23-18(27)13-28-21-25-24-20(26(21)5-2)16-11-6-7-12-17(16)22/h6-12H,4-5,13H2,1-3H3,(H,23,27). The maximum absolute atomic E-state index is 12.5. The van der Waals surface area contributed by atoms with Crippen LogP contribution < -0.4 is 5.32 Å². The summed E-state index contributed by atoms with van der Waals surface area (Å²) in [7, 11) is 0. The summed E-state index contributed by atoms with van der Waals surface area (Å²) in [5.41, 5.74) is 3.94. The molecule has 1 amide bonds. The van der Waals surface area contributed by atoms with E-state index in [1.807, 2.05) is 60.9 Å². The van der Waals surface area contributed by atoms with Crippen molar-refractivity contribution in [2.24, 2.45) is 0 Å². The molecule has 0 aliphatic heterocycles. The van der Waals surface area contributed by atoms with E-state index < -0.39 is 0 Å². The molecular formula is C21H23ClN4OS. The number of thioether (sulfide) groups is 1. The van der Waals surface area contributed by atoms with E-state index in [1.165, 1.54) is 11.8 Å². The number of hydrogen-bond acceptors (Lipinski definition) is 4. The molecule has 0 aliphatic carbocycles. The molecule has 0 aliphatic rings. The number of anilines is 1. The fourth-order valence-corrected chi connectivity index (χ4v) is 4.05. The molecule has 1 aromatic heterocycles. The normalized spacial score (nSPS) is 10.9. The summed E-state index contributed by atoms with van der Waals surface area (Å²) in [4.78, 5) is 12.5. The van der Waals surface area contributed by atoms with Gasteiger partial charge in [0.25, 0.3) is 0 Å². The van der Waals surface area contributed by atoms with Crippen molar-refractivity contribution in [2.75, 3.05) is 11.1 Å². The van der Waals surface area contributed by atoms with Gasteiger partial charge in [-0.25, -0.2) is 0 Å². The van der Waals surface area contributed by atoms with Crippen LogP contribution in [0.5, 0.6) is 0 Å². The van der Waals surface area contributed by atoms with E-state index in [2.05, 4.69) is 22.4 Å². The first kappa shape index (κ1) is 20.4. The van der Waals surface area contributed by atoms with Crippen LogP contribution in [0, 0.1) is 6.92 Å². The van der Waals surface area contributed by atoms with Crippen LogP contribution in [0.25, 0.3) is 11.4 Å². The summed E-state index contributed by atoms with van der Waals surface area (Å²) in [5, 5.41) is 12.9. The second-order valence-corrected chi connectivity index (χ2v) is 7.68. The van der Waals surface area contributed by atoms with Crippen LogP contribution in [0.15, 0.2) is 47.6 Å². The smallest absolute Gasteiger partial charge is 0.234 e. The fourth-order valence-electron chi connectivity index (χ4n) is 3.03. The van der Waals surface area contributed by atoms with E-state index in [0.29, 0.717) is 22.5 Å². The molecule has 1 heterocycles.